The number of rotatable bonds is 4. The summed E-state index contributed by atoms with van der Waals surface area (Å²) in [6.45, 7) is 1.86. The third kappa shape index (κ3) is 3.05. The molecule has 1 aromatic carbocycles. The fraction of sp³-hybridized carbons (Fsp3) is 0.429. The number of aryl methyl sites for hydroxylation is 1. The van der Waals surface area contributed by atoms with Gasteiger partial charge in [-0.15, -0.1) is 0 Å². The normalized spacial score (nSPS) is 15.9. The predicted molar refractivity (Wildman–Crippen MR) is 74.3 cm³/mol. The van der Waals surface area contributed by atoms with Crippen LogP contribution in [0, 0.1) is 12.8 Å². The van der Waals surface area contributed by atoms with E-state index in [0.717, 1.165) is 18.4 Å². The lowest BCUT2D eigenvalue weighted by atomic mass is 9.83. The molecule has 1 saturated carbocycles. The van der Waals surface area contributed by atoms with Crippen molar-refractivity contribution in [1.29, 1.82) is 0 Å². The van der Waals surface area contributed by atoms with E-state index in [1.54, 1.807) is 6.07 Å². The molecule has 102 valence electrons. The minimum atomic E-state index is -0.0118. The van der Waals surface area contributed by atoms with Gasteiger partial charge in [0.2, 0.25) is 5.91 Å². The van der Waals surface area contributed by atoms with Crippen molar-refractivity contribution in [1.82, 2.24) is 0 Å². The molecule has 0 heterocycles. The van der Waals surface area contributed by atoms with Crippen molar-refractivity contribution in [3.8, 4) is 0 Å². The predicted octanol–water partition coefficient (Wildman–Crippen LogP) is 2.22. The van der Waals surface area contributed by atoms with E-state index < -0.39 is 0 Å². The standard InChI is InChI=1S/C14H19N3O2/c1-9-4-2-7-11(13(9)14(15)17-19)16-12(18)8-10-5-3-6-10/h2,4,7,10,19H,3,5-6,8H2,1H3,(H2,15,17)(H,16,18). The maximum absolute atomic E-state index is 11.9. The van der Waals surface area contributed by atoms with E-state index in [0.29, 0.717) is 23.6 Å². The fourth-order valence-electron chi connectivity index (χ4n) is 2.32. The van der Waals surface area contributed by atoms with Crippen LogP contribution in [0.15, 0.2) is 23.4 Å². The number of hydrogen-bond donors (Lipinski definition) is 3. The first-order valence-electron chi connectivity index (χ1n) is 6.49. The van der Waals surface area contributed by atoms with Crippen molar-refractivity contribution in [3.63, 3.8) is 0 Å². The zero-order chi connectivity index (χ0) is 13.8. The summed E-state index contributed by atoms with van der Waals surface area (Å²) in [6, 6.07) is 5.45. The van der Waals surface area contributed by atoms with E-state index >= 15 is 0 Å². The Hall–Kier alpha value is -2.04. The van der Waals surface area contributed by atoms with Crippen molar-refractivity contribution in [2.75, 3.05) is 5.32 Å². The molecule has 0 spiro atoms. The van der Waals surface area contributed by atoms with E-state index in [2.05, 4.69) is 10.5 Å². The highest BCUT2D eigenvalue weighted by atomic mass is 16.4. The van der Waals surface area contributed by atoms with Gasteiger partial charge in [0.1, 0.15) is 0 Å². The van der Waals surface area contributed by atoms with Crippen LogP contribution in [0.2, 0.25) is 0 Å². The minimum absolute atomic E-state index is 0.0112. The molecule has 0 saturated heterocycles. The van der Waals surface area contributed by atoms with E-state index in [4.69, 9.17) is 10.9 Å². The molecule has 5 nitrogen and oxygen atoms in total. The summed E-state index contributed by atoms with van der Waals surface area (Å²) in [5.74, 6) is 0.511. The van der Waals surface area contributed by atoms with Crippen molar-refractivity contribution >= 4 is 17.4 Å². The Balaban J connectivity index is 2.14. The number of carbonyl (C=O) groups excluding carboxylic acids is 1. The SMILES string of the molecule is Cc1cccc(NC(=O)CC2CCC2)c1/C(N)=N/O. The topological polar surface area (TPSA) is 87.7 Å². The molecule has 1 amide bonds. The zero-order valence-electron chi connectivity index (χ0n) is 11.0. The molecule has 0 atom stereocenters. The Morgan fingerprint density at radius 2 is 2.26 bits per heavy atom. The highest BCUT2D eigenvalue weighted by Crippen LogP contribution is 2.30. The molecule has 5 heteroatoms. The number of nitrogens with one attached hydrogen (secondary N) is 1. The highest BCUT2D eigenvalue weighted by molar-refractivity contribution is 6.06. The van der Waals surface area contributed by atoms with Gasteiger partial charge in [-0.05, 0) is 37.3 Å². The molecule has 1 aromatic rings. The van der Waals surface area contributed by atoms with Crippen LogP contribution in [-0.4, -0.2) is 17.0 Å². The Labute approximate surface area is 112 Å². The van der Waals surface area contributed by atoms with Gasteiger partial charge in [0.15, 0.2) is 5.84 Å². The number of amidine groups is 1. The molecule has 19 heavy (non-hydrogen) atoms. The summed E-state index contributed by atoms with van der Waals surface area (Å²) in [7, 11) is 0. The van der Waals surface area contributed by atoms with Crippen LogP contribution < -0.4 is 11.1 Å². The van der Waals surface area contributed by atoms with Gasteiger partial charge < -0.3 is 16.3 Å². The van der Waals surface area contributed by atoms with Gasteiger partial charge >= 0.3 is 0 Å². The molecule has 4 N–H and O–H groups in total. The number of anilines is 1. The van der Waals surface area contributed by atoms with Crippen LogP contribution in [0.25, 0.3) is 0 Å². The van der Waals surface area contributed by atoms with Crippen molar-refractivity contribution in [2.45, 2.75) is 32.6 Å². The van der Waals surface area contributed by atoms with E-state index in [9.17, 15) is 4.79 Å². The van der Waals surface area contributed by atoms with Crippen LogP contribution in [0.3, 0.4) is 0 Å². The van der Waals surface area contributed by atoms with Crippen molar-refractivity contribution in [3.05, 3.63) is 29.3 Å². The van der Waals surface area contributed by atoms with E-state index in [-0.39, 0.29) is 11.7 Å². The minimum Gasteiger partial charge on any atom is -0.409 e. The second kappa shape index (κ2) is 5.73. The van der Waals surface area contributed by atoms with Crippen molar-refractivity contribution in [2.24, 2.45) is 16.8 Å². The number of amides is 1. The van der Waals surface area contributed by atoms with Gasteiger partial charge in [-0.25, -0.2) is 0 Å². The molecule has 2 rings (SSSR count). The molecule has 1 aliphatic carbocycles. The molecule has 0 unspecified atom stereocenters. The molecule has 0 bridgehead atoms. The third-order valence-corrected chi connectivity index (χ3v) is 3.61. The first kappa shape index (κ1) is 13.4. The lowest BCUT2D eigenvalue weighted by Crippen LogP contribution is -2.23. The molecule has 0 aliphatic heterocycles. The fourth-order valence-corrected chi connectivity index (χ4v) is 2.32. The quantitative estimate of drug-likeness (QED) is 0.336. The zero-order valence-corrected chi connectivity index (χ0v) is 11.0. The Kier molecular flexibility index (Phi) is 4.04. The third-order valence-electron chi connectivity index (χ3n) is 3.61. The summed E-state index contributed by atoms with van der Waals surface area (Å²) < 4.78 is 0. The average Bonchev–Trinajstić information content (AvgIpc) is 2.33. The number of nitrogens with two attached hydrogens (primary N) is 1. The monoisotopic (exact) mass is 261 g/mol. The Morgan fingerprint density at radius 3 is 2.84 bits per heavy atom. The Morgan fingerprint density at radius 1 is 1.53 bits per heavy atom. The first-order chi connectivity index (χ1) is 9.11. The lowest BCUT2D eigenvalue weighted by Gasteiger charge is -2.24. The average molecular weight is 261 g/mol. The number of carbonyl (C=O) groups is 1. The van der Waals surface area contributed by atoms with Crippen molar-refractivity contribution < 1.29 is 10.0 Å². The second-order valence-corrected chi connectivity index (χ2v) is 5.03. The van der Waals surface area contributed by atoms with Crippen LogP contribution in [-0.2, 0) is 4.79 Å². The highest BCUT2D eigenvalue weighted by Gasteiger charge is 2.21. The van der Waals surface area contributed by atoms with E-state index in [1.165, 1.54) is 6.42 Å². The second-order valence-electron chi connectivity index (χ2n) is 5.03. The summed E-state index contributed by atoms with van der Waals surface area (Å²) in [5, 5.41) is 14.7. The molecular formula is C14H19N3O2. The Bertz CT molecular complexity index is 507. The van der Waals surface area contributed by atoms with Gasteiger partial charge in [0.05, 0.1) is 5.69 Å². The largest absolute Gasteiger partial charge is 0.409 e. The van der Waals surface area contributed by atoms with Crippen LogP contribution in [0.5, 0.6) is 0 Å². The van der Waals surface area contributed by atoms with Gasteiger partial charge in [0.25, 0.3) is 0 Å². The van der Waals surface area contributed by atoms with Gasteiger partial charge in [-0.2, -0.15) is 0 Å². The molecule has 0 aromatic heterocycles. The number of oxime groups is 1. The van der Waals surface area contributed by atoms with E-state index in [1.807, 2.05) is 19.1 Å². The summed E-state index contributed by atoms with van der Waals surface area (Å²) in [4.78, 5) is 11.9. The van der Waals surface area contributed by atoms with Gasteiger partial charge in [-0.1, -0.05) is 23.7 Å². The van der Waals surface area contributed by atoms with Crippen LogP contribution >= 0.6 is 0 Å². The smallest absolute Gasteiger partial charge is 0.224 e. The summed E-state index contributed by atoms with van der Waals surface area (Å²) >= 11 is 0. The molecule has 1 fully saturated rings. The van der Waals surface area contributed by atoms with Gasteiger partial charge in [0, 0.05) is 12.0 Å². The maximum atomic E-state index is 11.9. The summed E-state index contributed by atoms with van der Waals surface area (Å²) in [6.07, 6.45) is 4.03. The summed E-state index contributed by atoms with van der Waals surface area (Å²) in [5.41, 5.74) is 7.69. The van der Waals surface area contributed by atoms with Crippen LogP contribution in [0.4, 0.5) is 5.69 Å². The van der Waals surface area contributed by atoms with Gasteiger partial charge in [-0.3, -0.25) is 4.79 Å². The number of hydrogen-bond acceptors (Lipinski definition) is 3. The maximum Gasteiger partial charge on any atom is 0.224 e. The molecule has 0 radical (unpaired) electrons. The molecule has 1 aliphatic rings. The number of nitrogens with zero attached hydrogens (tertiary/aromatic N) is 1. The van der Waals surface area contributed by atoms with Crippen LogP contribution in [0.1, 0.15) is 36.8 Å². The number of benzene rings is 1. The molecular weight excluding hydrogens is 242 g/mol. The first-order valence-corrected chi connectivity index (χ1v) is 6.49. The lowest BCUT2D eigenvalue weighted by molar-refractivity contribution is -0.117.